The van der Waals surface area contributed by atoms with E-state index in [2.05, 4.69) is 193 Å². The zero-order chi connectivity index (χ0) is 34.4. The monoisotopic (exact) mass is 663 g/mol. The molecule has 244 valence electrons. The molecular formula is C49H33N3. The van der Waals surface area contributed by atoms with Crippen molar-refractivity contribution in [1.29, 1.82) is 0 Å². The average molecular weight is 664 g/mol. The summed E-state index contributed by atoms with van der Waals surface area (Å²) in [5, 5.41) is 12.0. The van der Waals surface area contributed by atoms with Gasteiger partial charge in [-0.3, -0.25) is 4.99 Å². The van der Waals surface area contributed by atoms with E-state index in [0.29, 0.717) is 0 Å². The molecule has 0 spiro atoms. The van der Waals surface area contributed by atoms with Crippen LogP contribution in [-0.2, 0) is 0 Å². The summed E-state index contributed by atoms with van der Waals surface area (Å²) >= 11 is 0. The lowest BCUT2D eigenvalue weighted by Crippen LogP contribution is -2.27. The van der Waals surface area contributed by atoms with Crippen molar-refractivity contribution in [3.63, 3.8) is 0 Å². The first-order valence-electron chi connectivity index (χ1n) is 17.8. The Morgan fingerprint density at radius 2 is 1.08 bits per heavy atom. The van der Waals surface area contributed by atoms with Gasteiger partial charge in [0.2, 0.25) is 0 Å². The molecule has 0 radical (unpaired) electrons. The van der Waals surface area contributed by atoms with E-state index in [1.54, 1.807) is 0 Å². The molecule has 52 heavy (non-hydrogen) atoms. The number of hydrogen-bond acceptors (Lipinski definition) is 3. The number of nitrogens with one attached hydrogen (secondary N) is 1. The highest BCUT2D eigenvalue weighted by Crippen LogP contribution is 2.40. The van der Waals surface area contributed by atoms with E-state index < -0.39 is 0 Å². The van der Waals surface area contributed by atoms with Crippen molar-refractivity contribution in [2.75, 3.05) is 0 Å². The number of nitrogens with zero attached hydrogens (tertiary/aromatic N) is 2. The summed E-state index contributed by atoms with van der Waals surface area (Å²) in [7, 11) is 0. The zero-order valence-corrected chi connectivity index (χ0v) is 28.4. The predicted molar refractivity (Wildman–Crippen MR) is 218 cm³/mol. The number of aliphatic imine (C=N–C) groups is 1. The normalized spacial score (nSPS) is 14.3. The fourth-order valence-electron chi connectivity index (χ4n) is 7.65. The van der Waals surface area contributed by atoms with Crippen molar-refractivity contribution in [2.45, 2.75) is 6.04 Å². The van der Waals surface area contributed by atoms with E-state index in [9.17, 15) is 0 Å². The number of rotatable bonds is 5. The molecule has 3 heteroatoms. The minimum atomic E-state index is -0.221. The van der Waals surface area contributed by atoms with Crippen LogP contribution in [0.25, 0.3) is 71.3 Å². The second kappa shape index (κ2) is 12.5. The first-order chi connectivity index (χ1) is 25.7. The van der Waals surface area contributed by atoms with Crippen molar-refractivity contribution in [2.24, 2.45) is 4.99 Å². The van der Waals surface area contributed by atoms with Gasteiger partial charge in [-0.2, -0.15) is 0 Å². The molecule has 9 aromatic rings. The molecule has 10 rings (SSSR count). The van der Waals surface area contributed by atoms with Gasteiger partial charge in [0.05, 0.1) is 17.3 Å². The van der Waals surface area contributed by atoms with Crippen LogP contribution in [0.2, 0.25) is 0 Å². The molecule has 0 bridgehead atoms. The summed E-state index contributed by atoms with van der Waals surface area (Å²) in [6.45, 7) is 0. The van der Waals surface area contributed by atoms with Crippen molar-refractivity contribution < 1.29 is 0 Å². The predicted octanol–water partition coefficient (Wildman–Crippen LogP) is 12.2. The van der Waals surface area contributed by atoms with Crippen molar-refractivity contribution in [3.8, 4) is 22.4 Å². The quantitative estimate of drug-likeness (QED) is 0.186. The van der Waals surface area contributed by atoms with Gasteiger partial charge in [0.25, 0.3) is 0 Å². The van der Waals surface area contributed by atoms with Crippen molar-refractivity contribution in [3.05, 3.63) is 205 Å². The average Bonchev–Trinajstić information content (AvgIpc) is 3.23. The maximum Gasteiger partial charge on any atom is 0.133 e. The lowest BCUT2D eigenvalue weighted by atomic mass is 9.91. The Bertz CT molecular complexity index is 2780. The highest BCUT2D eigenvalue weighted by Gasteiger charge is 2.22. The molecule has 1 aliphatic rings. The first-order valence-corrected chi connectivity index (χ1v) is 17.8. The van der Waals surface area contributed by atoms with E-state index in [0.717, 1.165) is 55.8 Å². The Balaban J connectivity index is 1.19. The van der Waals surface area contributed by atoms with Gasteiger partial charge in [-0.25, -0.2) is 4.98 Å². The largest absolute Gasteiger partial charge is 0.340 e. The fraction of sp³-hybridized carbons (Fsp3) is 0.0204. The smallest absolute Gasteiger partial charge is 0.133 e. The summed E-state index contributed by atoms with van der Waals surface area (Å²) < 4.78 is 0. The van der Waals surface area contributed by atoms with Crippen LogP contribution in [-0.4, -0.2) is 10.8 Å². The van der Waals surface area contributed by atoms with Crippen molar-refractivity contribution >= 4 is 54.8 Å². The third-order valence-corrected chi connectivity index (χ3v) is 10.2. The Labute approximate surface area is 302 Å². The van der Waals surface area contributed by atoms with Crippen LogP contribution >= 0.6 is 0 Å². The third-order valence-electron chi connectivity index (χ3n) is 10.2. The second-order valence-electron chi connectivity index (χ2n) is 13.4. The molecule has 3 nitrogen and oxygen atoms in total. The van der Waals surface area contributed by atoms with Gasteiger partial charge < -0.3 is 5.32 Å². The van der Waals surface area contributed by atoms with Crippen LogP contribution in [0.15, 0.2) is 193 Å². The first kappa shape index (κ1) is 30.0. The zero-order valence-electron chi connectivity index (χ0n) is 28.4. The molecule has 8 aromatic carbocycles. The molecule has 1 unspecified atom stereocenters. The standard InChI is InChI=1S/C49H33N3/c1-3-14-34(15-4-1)41-20-11-21-42-47(41)43-30-39(26-27-44(43)50-48(42)35-16-5-2-6-17-35)46-31-45(38-24-22-32-12-7-9-18-36(32)28-38)51-49(52-46)40-25-23-33-13-8-10-19-37(33)29-40/h1-31,46H,(H,51,52). The topological polar surface area (TPSA) is 37.3 Å². The molecule has 0 fully saturated rings. The van der Waals surface area contributed by atoms with Gasteiger partial charge in [-0.1, -0.05) is 158 Å². The van der Waals surface area contributed by atoms with E-state index in [1.165, 1.54) is 38.1 Å². The summed E-state index contributed by atoms with van der Waals surface area (Å²) in [5.74, 6) is 0.855. The molecule has 1 N–H and O–H groups in total. The number of hydrogen-bond donors (Lipinski definition) is 1. The summed E-state index contributed by atoms with van der Waals surface area (Å²) in [5.41, 5.74) is 9.78. The molecule has 1 atom stereocenters. The molecule has 1 aliphatic heterocycles. The minimum Gasteiger partial charge on any atom is -0.340 e. The Morgan fingerprint density at radius 1 is 0.442 bits per heavy atom. The van der Waals surface area contributed by atoms with Gasteiger partial charge in [-0.05, 0) is 74.1 Å². The maximum atomic E-state index is 5.41. The SMILES string of the molecule is C1=C(c2ccc3ccccc3c2)NC(c2ccc3ccccc3c2)=NC1c1ccc2nc(-c3ccccc3)c3cccc(-c4ccccc4)c3c2c1. The fourth-order valence-corrected chi connectivity index (χ4v) is 7.65. The molecule has 0 saturated heterocycles. The van der Waals surface area contributed by atoms with E-state index in [1.807, 2.05) is 0 Å². The van der Waals surface area contributed by atoms with E-state index in [4.69, 9.17) is 9.98 Å². The van der Waals surface area contributed by atoms with Gasteiger partial charge in [0.15, 0.2) is 0 Å². The summed E-state index contributed by atoms with van der Waals surface area (Å²) in [6.07, 6.45) is 2.27. The molecule has 2 heterocycles. The molecule has 0 saturated carbocycles. The summed E-state index contributed by atoms with van der Waals surface area (Å²) in [6, 6.07) is 64.5. The highest BCUT2D eigenvalue weighted by atomic mass is 15.0. The van der Waals surface area contributed by atoms with Gasteiger partial charge in [0, 0.05) is 33.0 Å². The van der Waals surface area contributed by atoms with E-state index in [-0.39, 0.29) is 6.04 Å². The van der Waals surface area contributed by atoms with Gasteiger partial charge in [0.1, 0.15) is 5.84 Å². The highest BCUT2D eigenvalue weighted by molar-refractivity contribution is 6.17. The van der Waals surface area contributed by atoms with Crippen LogP contribution in [0.1, 0.15) is 22.7 Å². The third kappa shape index (κ3) is 5.31. The number of benzene rings is 8. The van der Waals surface area contributed by atoms with Crippen LogP contribution < -0.4 is 5.32 Å². The molecule has 0 amide bonds. The Morgan fingerprint density at radius 3 is 1.81 bits per heavy atom. The number of pyridine rings is 1. The van der Waals surface area contributed by atoms with Gasteiger partial charge in [-0.15, -0.1) is 0 Å². The van der Waals surface area contributed by atoms with Gasteiger partial charge >= 0.3 is 0 Å². The lowest BCUT2D eigenvalue weighted by molar-refractivity contribution is 0.882. The molecular weight excluding hydrogens is 631 g/mol. The maximum absolute atomic E-state index is 5.41. The second-order valence-corrected chi connectivity index (χ2v) is 13.4. The van der Waals surface area contributed by atoms with Crippen LogP contribution in [0.5, 0.6) is 0 Å². The number of fused-ring (bicyclic) bond motifs is 5. The number of amidine groups is 1. The molecule has 0 aliphatic carbocycles. The van der Waals surface area contributed by atoms with Crippen LogP contribution in [0.3, 0.4) is 0 Å². The Hall–Kier alpha value is -6.84. The Kier molecular flexibility index (Phi) is 7.21. The summed E-state index contributed by atoms with van der Waals surface area (Å²) in [4.78, 5) is 10.7. The van der Waals surface area contributed by atoms with Crippen LogP contribution in [0.4, 0.5) is 0 Å². The van der Waals surface area contributed by atoms with Crippen LogP contribution in [0, 0.1) is 0 Å². The number of aromatic nitrogens is 1. The molecule has 1 aromatic heterocycles. The van der Waals surface area contributed by atoms with E-state index >= 15 is 0 Å². The minimum absolute atomic E-state index is 0.221. The van der Waals surface area contributed by atoms with Crippen molar-refractivity contribution in [1.82, 2.24) is 10.3 Å². The lowest BCUT2D eigenvalue weighted by Gasteiger charge is -2.24.